The maximum absolute atomic E-state index is 13.1. The predicted octanol–water partition coefficient (Wildman–Crippen LogP) is 2.84. The van der Waals surface area contributed by atoms with Crippen molar-refractivity contribution in [3.05, 3.63) is 69.8 Å². The first-order chi connectivity index (χ1) is 14.3. The van der Waals surface area contributed by atoms with Crippen molar-refractivity contribution in [2.24, 2.45) is 0 Å². The van der Waals surface area contributed by atoms with E-state index in [1.807, 2.05) is 19.1 Å². The first-order valence-corrected chi connectivity index (χ1v) is 11.0. The fourth-order valence-corrected chi connectivity index (χ4v) is 5.95. The molecule has 1 aromatic heterocycles. The zero-order valence-electron chi connectivity index (χ0n) is 15.5. The molecule has 1 N–H and O–H groups in total. The number of non-ortho nitro benzene ring substituents is 1. The Balaban J connectivity index is 1.58. The first kappa shape index (κ1) is 19.9. The van der Waals surface area contributed by atoms with Crippen molar-refractivity contribution in [2.45, 2.75) is 23.7 Å². The van der Waals surface area contributed by atoms with Crippen molar-refractivity contribution in [3.63, 3.8) is 0 Å². The van der Waals surface area contributed by atoms with Gasteiger partial charge in [0.1, 0.15) is 0 Å². The van der Waals surface area contributed by atoms with Crippen LogP contribution in [0.2, 0.25) is 0 Å². The van der Waals surface area contributed by atoms with Crippen molar-refractivity contribution >= 4 is 43.8 Å². The van der Waals surface area contributed by atoms with Gasteiger partial charge in [-0.2, -0.15) is 8.42 Å². The molecule has 0 unspecified atom stereocenters. The molecule has 4 rings (SSSR count). The van der Waals surface area contributed by atoms with Gasteiger partial charge in [-0.05, 0) is 31.0 Å². The van der Waals surface area contributed by atoms with E-state index in [1.54, 1.807) is 12.1 Å². The van der Waals surface area contributed by atoms with Gasteiger partial charge in [-0.3, -0.25) is 24.5 Å². The lowest BCUT2D eigenvalue weighted by molar-refractivity contribution is -0.384. The third kappa shape index (κ3) is 3.50. The number of sulfonamides is 1. The predicted molar refractivity (Wildman–Crippen MR) is 110 cm³/mol. The van der Waals surface area contributed by atoms with Crippen LogP contribution >= 0.6 is 11.3 Å². The average Bonchev–Trinajstić information content (AvgIpc) is 3.32. The minimum atomic E-state index is -3.96. The molecule has 1 aliphatic heterocycles. The van der Waals surface area contributed by atoms with Gasteiger partial charge in [0.05, 0.1) is 10.6 Å². The van der Waals surface area contributed by atoms with Gasteiger partial charge in [-0.1, -0.05) is 35.6 Å². The van der Waals surface area contributed by atoms with Crippen LogP contribution in [0.25, 0.3) is 0 Å². The van der Waals surface area contributed by atoms with Gasteiger partial charge in [0, 0.05) is 23.7 Å². The third-order valence-electron chi connectivity index (χ3n) is 4.57. The van der Waals surface area contributed by atoms with E-state index in [9.17, 15) is 23.3 Å². The molecule has 0 saturated carbocycles. The van der Waals surface area contributed by atoms with E-state index in [0.29, 0.717) is 12.1 Å². The fourth-order valence-electron chi connectivity index (χ4n) is 3.28. The number of nitrogens with one attached hydrogen (secondary N) is 1. The summed E-state index contributed by atoms with van der Waals surface area (Å²) in [6, 6.07) is 12.1. The molecule has 2 heterocycles. The van der Waals surface area contributed by atoms with E-state index in [-0.39, 0.29) is 26.8 Å². The molecule has 0 aliphatic carbocycles. The van der Waals surface area contributed by atoms with E-state index >= 15 is 0 Å². The van der Waals surface area contributed by atoms with Crippen molar-refractivity contribution in [3.8, 4) is 0 Å². The smallest absolute Gasteiger partial charge is 0.293 e. The number of anilines is 2. The zero-order chi connectivity index (χ0) is 21.5. The Hall–Kier alpha value is -3.38. The van der Waals surface area contributed by atoms with Crippen LogP contribution in [0.1, 0.15) is 22.8 Å². The second-order valence-corrected chi connectivity index (χ2v) is 9.58. The second-order valence-electron chi connectivity index (χ2n) is 6.62. The highest BCUT2D eigenvalue weighted by Gasteiger charge is 2.38. The number of nitrogens with zero attached hydrogens (tertiary/aromatic N) is 4. The lowest BCUT2D eigenvalue weighted by Gasteiger charge is -2.22. The first-order valence-electron chi connectivity index (χ1n) is 8.79. The van der Waals surface area contributed by atoms with Crippen LogP contribution in [-0.2, 0) is 16.4 Å². The van der Waals surface area contributed by atoms with Crippen LogP contribution in [0.5, 0.6) is 0 Å². The Kier molecular flexibility index (Phi) is 4.95. The number of hydrogen-bond acceptors (Lipinski definition) is 8. The van der Waals surface area contributed by atoms with Crippen LogP contribution in [0.3, 0.4) is 0 Å². The summed E-state index contributed by atoms with van der Waals surface area (Å²) >= 11 is 0.719. The molecule has 0 saturated heterocycles. The van der Waals surface area contributed by atoms with Crippen LogP contribution in [-0.4, -0.2) is 35.5 Å². The Bertz CT molecular complexity index is 1260. The van der Waals surface area contributed by atoms with E-state index in [1.165, 1.54) is 22.5 Å². The normalized spacial score (nSPS) is 15.6. The van der Waals surface area contributed by atoms with Crippen molar-refractivity contribution in [1.82, 2.24) is 10.2 Å². The van der Waals surface area contributed by atoms with Gasteiger partial charge >= 0.3 is 0 Å². The highest BCUT2D eigenvalue weighted by molar-refractivity contribution is 7.94. The molecule has 3 aromatic rings. The molecule has 0 spiro atoms. The Morgan fingerprint density at radius 1 is 1.23 bits per heavy atom. The summed E-state index contributed by atoms with van der Waals surface area (Å²) in [7, 11) is -3.96. The molecule has 2 aromatic carbocycles. The topological polar surface area (TPSA) is 135 Å². The minimum absolute atomic E-state index is 0.0229. The summed E-state index contributed by atoms with van der Waals surface area (Å²) in [5.74, 6) is -0.654. The van der Waals surface area contributed by atoms with Crippen molar-refractivity contribution in [2.75, 3.05) is 9.62 Å². The number of hydrogen-bond donors (Lipinski definition) is 1. The maximum atomic E-state index is 13.1. The molecule has 0 radical (unpaired) electrons. The lowest BCUT2D eigenvalue weighted by atomic mass is 10.1. The largest absolute Gasteiger partial charge is 0.296 e. The molecule has 1 aliphatic rings. The number of carbonyl (C=O) groups is 1. The summed E-state index contributed by atoms with van der Waals surface area (Å²) in [6.45, 7) is 1.81. The van der Waals surface area contributed by atoms with E-state index in [2.05, 4.69) is 15.5 Å². The standard InChI is InChI=1S/C18H15N5O5S2/c1-11-9-12-5-2-3-8-15(12)22(11)30(27,28)18-21-20-17(29-18)19-16(24)13-6-4-7-14(10-13)23(25)26/h2-8,10-11H,9H2,1H3,(H,19,20,24)/t11-/m1/s1. The maximum Gasteiger partial charge on any atom is 0.293 e. The summed E-state index contributed by atoms with van der Waals surface area (Å²) in [5.41, 5.74) is 1.34. The van der Waals surface area contributed by atoms with Crippen molar-refractivity contribution in [1.29, 1.82) is 0 Å². The van der Waals surface area contributed by atoms with Gasteiger partial charge in [0.25, 0.3) is 26.0 Å². The van der Waals surface area contributed by atoms with E-state index < -0.39 is 20.9 Å². The van der Waals surface area contributed by atoms with Crippen molar-refractivity contribution < 1.29 is 18.1 Å². The number of amides is 1. The average molecular weight is 445 g/mol. The number of rotatable bonds is 5. The van der Waals surface area contributed by atoms with E-state index in [4.69, 9.17) is 0 Å². The molecule has 10 nitrogen and oxygen atoms in total. The molecule has 154 valence electrons. The fraction of sp³-hybridized carbons (Fsp3) is 0.167. The molecule has 0 fully saturated rings. The Labute approximate surface area is 175 Å². The summed E-state index contributed by atoms with van der Waals surface area (Å²) < 4.78 is 27.3. The summed E-state index contributed by atoms with van der Waals surface area (Å²) in [4.78, 5) is 22.6. The van der Waals surface area contributed by atoms with Crippen LogP contribution in [0, 0.1) is 10.1 Å². The Morgan fingerprint density at radius 3 is 2.77 bits per heavy atom. The van der Waals surface area contributed by atoms with Gasteiger partial charge in [0.15, 0.2) is 0 Å². The number of nitro benzene ring substituents is 1. The van der Waals surface area contributed by atoms with Crippen LogP contribution < -0.4 is 9.62 Å². The van der Waals surface area contributed by atoms with Gasteiger partial charge < -0.3 is 0 Å². The highest BCUT2D eigenvalue weighted by Crippen LogP contribution is 2.37. The van der Waals surface area contributed by atoms with Gasteiger partial charge in [-0.25, -0.2) is 0 Å². The number of carbonyl (C=O) groups excluding carboxylic acids is 1. The minimum Gasteiger partial charge on any atom is -0.296 e. The molecule has 0 bridgehead atoms. The summed E-state index contributed by atoms with van der Waals surface area (Å²) in [6.07, 6.45) is 0.588. The molecular formula is C18H15N5O5S2. The number of nitro groups is 1. The number of aromatic nitrogens is 2. The van der Waals surface area contributed by atoms with Crippen LogP contribution in [0.15, 0.2) is 52.9 Å². The number of para-hydroxylation sites is 1. The molecule has 1 atom stereocenters. The van der Waals surface area contributed by atoms with Gasteiger partial charge in [0.2, 0.25) is 5.13 Å². The second kappa shape index (κ2) is 7.46. The molecule has 12 heteroatoms. The monoisotopic (exact) mass is 445 g/mol. The van der Waals surface area contributed by atoms with Crippen LogP contribution in [0.4, 0.5) is 16.5 Å². The summed E-state index contributed by atoms with van der Waals surface area (Å²) in [5, 5.41) is 20.8. The highest BCUT2D eigenvalue weighted by atomic mass is 32.2. The quantitative estimate of drug-likeness (QED) is 0.362. The SMILES string of the molecule is C[C@@H]1Cc2ccccc2N1S(=O)(=O)c1nnc(NC(=O)c2cccc([N+](=O)[O-])c2)s1. The molecular weight excluding hydrogens is 430 g/mol. The Morgan fingerprint density at radius 2 is 2.00 bits per heavy atom. The lowest BCUT2D eigenvalue weighted by Crippen LogP contribution is -2.35. The number of benzene rings is 2. The number of fused-ring (bicyclic) bond motifs is 1. The molecule has 1 amide bonds. The zero-order valence-corrected chi connectivity index (χ0v) is 17.2. The van der Waals surface area contributed by atoms with Gasteiger partial charge in [-0.15, -0.1) is 10.2 Å². The van der Waals surface area contributed by atoms with E-state index in [0.717, 1.165) is 23.0 Å². The molecule has 30 heavy (non-hydrogen) atoms. The third-order valence-corrected chi connectivity index (χ3v) is 7.68.